The lowest BCUT2D eigenvalue weighted by Gasteiger charge is -2.03. The summed E-state index contributed by atoms with van der Waals surface area (Å²) in [4.78, 5) is 22.1. The third-order valence-corrected chi connectivity index (χ3v) is 1.73. The first-order valence-corrected chi connectivity index (χ1v) is 7.27. The van der Waals surface area contributed by atoms with Crippen LogP contribution in [0.4, 0.5) is 0 Å². The van der Waals surface area contributed by atoms with Gasteiger partial charge in [-0.1, -0.05) is 47.6 Å². The van der Waals surface area contributed by atoms with Crippen LogP contribution in [-0.2, 0) is 9.53 Å². The zero-order valence-electron chi connectivity index (χ0n) is 14.2. The first kappa shape index (κ1) is 24.0. The number of carbonyl (C=O) groups excluding carboxylic acids is 2. The highest BCUT2D eigenvalue weighted by Crippen LogP contribution is 2.10. The SMILES string of the molecule is CC.CC.CC.COC(=O)CNC(=O)c1cccc(O)c1. The minimum Gasteiger partial charge on any atom is -0.508 e. The number of phenols is 1. The second kappa shape index (κ2) is 18.0. The van der Waals surface area contributed by atoms with Gasteiger partial charge in [-0.2, -0.15) is 0 Å². The van der Waals surface area contributed by atoms with Crippen LogP contribution in [0.5, 0.6) is 5.75 Å². The van der Waals surface area contributed by atoms with E-state index in [4.69, 9.17) is 5.11 Å². The highest BCUT2D eigenvalue weighted by Gasteiger charge is 2.07. The molecular formula is C16H29NO4. The number of methoxy groups -OCH3 is 1. The molecular weight excluding hydrogens is 270 g/mol. The van der Waals surface area contributed by atoms with Gasteiger partial charge in [0.15, 0.2) is 0 Å². The molecule has 0 aliphatic heterocycles. The van der Waals surface area contributed by atoms with E-state index in [2.05, 4.69) is 10.1 Å². The molecule has 0 radical (unpaired) electrons. The molecule has 5 nitrogen and oxygen atoms in total. The van der Waals surface area contributed by atoms with Crippen molar-refractivity contribution in [3.05, 3.63) is 29.8 Å². The van der Waals surface area contributed by atoms with Crippen molar-refractivity contribution >= 4 is 11.9 Å². The number of benzene rings is 1. The minimum atomic E-state index is -0.525. The van der Waals surface area contributed by atoms with E-state index in [1.165, 1.54) is 25.3 Å². The zero-order valence-corrected chi connectivity index (χ0v) is 14.2. The maximum Gasteiger partial charge on any atom is 0.325 e. The van der Waals surface area contributed by atoms with Gasteiger partial charge in [0, 0.05) is 5.56 Å². The van der Waals surface area contributed by atoms with E-state index >= 15 is 0 Å². The number of carbonyl (C=O) groups is 2. The molecule has 1 rings (SSSR count). The molecule has 21 heavy (non-hydrogen) atoms. The van der Waals surface area contributed by atoms with Crippen LogP contribution in [0.3, 0.4) is 0 Å². The Kier molecular flexibility index (Phi) is 20.5. The lowest BCUT2D eigenvalue weighted by atomic mass is 10.2. The Labute approximate surface area is 128 Å². The molecule has 0 aromatic heterocycles. The summed E-state index contributed by atoms with van der Waals surface area (Å²) in [6, 6.07) is 5.85. The Morgan fingerprint density at radius 3 is 2.05 bits per heavy atom. The van der Waals surface area contributed by atoms with Gasteiger partial charge in [0.25, 0.3) is 5.91 Å². The van der Waals surface area contributed by atoms with Crippen LogP contribution in [0.1, 0.15) is 51.9 Å². The largest absolute Gasteiger partial charge is 0.508 e. The fourth-order valence-corrected chi connectivity index (χ4v) is 0.974. The second-order valence-electron chi connectivity index (χ2n) is 2.81. The molecule has 0 bridgehead atoms. The van der Waals surface area contributed by atoms with Crippen LogP contribution < -0.4 is 5.32 Å². The zero-order chi connectivity index (χ0) is 17.3. The van der Waals surface area contributed by atoms with Crippen LogP contribution in [0, 0.1) is 0 Å². The molecule has 0 atom stereocenters. The first-order chi connectivity index (χ1) is 10.1. The Bertz CT molecular complexity index is 378. The highest BCUT2D eigenvalue weighted by molar-refractivity contribution is 5.96. The number of amides is 1. The Morgan fingerprint density at radius 1 is 1.10 bits per heavy atom. The highest BCUT2D eigenvalue weighted by atomic mass is 16.5. The van der Waals surface area contributed by atoms with Crippen LogP contribution >= 0.6 is 0 Å². The number of nitrogens with one attached hydrogen (secondary N) is 1. The predicted molar refractivity (Wildman–Crippen MR) is 86.5 cm³/mol. The molecule has 0 saturated carbocycles. The van der Waals surface area contributed by atoms with E-state index in [-0.39, 0.29) is 12.3 Å². The van der Waals surface area contributed by atoms with Gasteiger partial charge in [0.2, 0.25) is 0 Å². The summed E-state index contributed by atoms with van der Waals surface area (Å²) < 4.78 is 4.36. The molecule has 1 amide bonds. The fourth-order valence-electron chi connectivity index (χ4n) is 0.974. The molecule has 1 aromatic rings. The number of aromatic hydroxyl groups is 1. The summed E-state index contributed by atoms with van der Waals surface area (Å²) in [5, 5.41) is 11.5. The minimum absolute atomic E-state index is 0.000665. The van der Waals surface area contributed by atoms with Gasteiger partial charge in [0.1, 0.15) is 12.3 Å². The molecule has 0 saturated heterocycles. The number of ether oxygens (including phenoxy) is 1. The molecule has 0 aliphatic carbocycles. The molecule has 1 aromatic carbocycles. The van der Waals surface area contributed by atoms with Crippen LogP contribution in [0.15, 0.2) is 24.3 Å². The molecule has 122 valence electrons. The second-order valence-corrected chi connectivity index (χ2v) is 2.81. The lowest BCUT2D eigenvalue weighted by molar-refractivity contribution is -0.139. The van der Waals surface area contributed by atoms with E-state index in [1.54, 1.807) is 6.07 Å². The Hall–Kier alpha value is -2.04. The summed E-state index contributed by atoms with van der Waals surface area (Å²) in [6.45, 7) is 11.8. The number of phenolic OH excluding ortho intramolecular Hbond substituents is 1. The van der Waals surface area contributed by atoms with E-state index in [0.29, 0.717) is 5.56 Å². The van der Waals surface area contributed by atoms with Crippen LogP contribution in [0.25, 0.3) is 0 Å². The van der Waals surface area contributed by atoms with Crippen LogP contribution in [-0.4, -0.2) is 30.6 Å². The molecule has 0 fully saturated rings. The van der Waals surface area contributed by atoms with Crippen molar-refractivity contribution in [2.75, 3.05) is 13.7 Å². The van der Waals surface area contributed by atoms with Crippen molar-refractivity contribution < 1.29 is 19.4 Å². The van der Waals surface area contributed by atoms with Crippen molar-refractivity contribution in [1.82, 2.24) is 5.32 Å². The maximum absolute atomic E-state index is 11.4. The number of hydrogen-bond donors (Lipinski definition) is 2. The first-order valence-electron chi connectivity index (χ1n) is 7.27. The van der Waals surface area contributed by atoms with Crippen LogP contribution in [0.2, 0.25) is 0 Å². The third kappa shape index (κ3) is 12.7. The molecule has 5 heteroatoms. The molecule has 0 spiro atoms. The van der Waals surface area contributed by atoms with Crippen molar-refractivity contribution in [1.29, 1.82) is 0 Å². The summed E-state index contributed by atoms with van der Waals surface area (Å²) in [5.74, 6) is -0.958. The van der Waals surface area contributed by atoms with Gasteiger partial charge in [0.05, 0.1) is 7.11 Å². The standard InChI is InChI=1S/C10H11NO4.3C2H6/c1-15-9(13)6-11-10(14)7-3-2-4-8(12)5-7;3*1-2/h2-5,12H,6H2,1H3,(H,11,14);3*1-2H3. The maximum atomic E-state index is 11.4. The topological polar surface area (TPSA) is 75.6 Å². The smallest absolute Gasteiger partial charge is 0.325 e. The molecule has 2 N–H and O–H groups in total. The average molecular weight is 299 g/mol. The summed E-state index contributed by atoms with van der Waals surface area (Å²) in [7, 11) is 1.24. The van der Waals surface area contributed by atoms with Crippen molar-refractivity contribution in [3.8, 4) is 5.75 Å². The monoisotopic (exact) mass is 299 g/mol. The number of esters is 1. The van der Waals surface area contributed by atoms with E-state index < -0.39 is 11.9 Å². The molecule has 0 unspecified atom stereocenters. The van der Waals surface area contributed by atoms with Gasteiger partial charge >= 0.3 is 5.97 Å². The van der Waals surface area contributed by atoms with Crippen molar-refractivity contribution in [2.24, 2.45) is 0 Å². The van der Waals surface area contributed by atoms with Crippen molar-refractivity contribution in [3.63, 3.8) is 0 Å². The fraction of sp³-hybridized carbons (Fsp3) is 0.500. The third-order valence-electron chi connectivity index (χ3n) is 1.73. The van der Waals surface area contributed by atoms with E-state index in [0.717, 1.165) is 0 Å². The lowest BCUT2D eigenvalue weighted by Crippen LogP contribution is -2.30. The van der Waals surface area contributed by atoms with Crippen molar-refractivity contribution in [2.45, 2.75) is 41.5 Å². The summed E-state index contributed by atoms with van der Waals surface area (Å²) >= 11 is 0. The summed E-state index contributed by atoms with van der Waals surface area (Å²) in [6.07, 6.45) is 0. The van der Waals surface area contributed by atoms with Gasteiger partial charge < -0.3 is 15.2 Å². The summed E-state index contributed by atoms with van der Waals surface area (Å²) in [5.41, 5.74) is 0.291. The van der Waals surface area contributed by atoms with E-state index in [9.17, 15) is 9.59 Å². The van der Waals surface area contributed by atoms with Gasteiger partial charge in [-0.05, 0) is 18.2 Å². The van der Waals surface area contributed by atoms with Gasteiger partial charge in [-0.25, -0.2) is 0 Å². The Morgan fingerprint density at radius 2 is 1.62 bits per heavy atom. The van der Waals surface area contributed by atoms with E-state index in [1.807, 2.05) is 41.5 Å². The predicted octanol–water partition coefficient (Wildman–Crippen LogP) is 3.37. The number of rotatable bonds is 3. The van der Waals surface area contributed by atoms with Gasteiger partial charge in [-0.3, -0.25) is 9.59 Å². The average Bonchev–Trinajstić information content (AvgIpc) is 2.57. The number of hydrogen-bond acceptors (Lipinski definition) is 4. The normalized spacial score (nSPS) is 7.57. The Balaban J connectivity index is -0.000000478. The molecule has 0 heterocycles. The molecule has 0 aliphatic rings. The van der Waals surface area contributed by atoms with Gasteiger partial charge in [-0.15, -0.1) is 0 Å². The quantitative estimate of drug-likeness (QED) is 0.839.